The molecule has 3 nitrogen and oxygen atoms in total. The molecule has 2 heterocycles. The summed E-state index contributed by atoms with van der Waals surface area (Å²) in [5.74, 6) is -0.0625. The molecule has 175 valence electrons. The number of nitrogens with zero attached hydrogens (tertiary/aromatic N) is 1. The average molecular weight is 645 g/mol. The Labute approximate surface area is 217 Å². The number of benzene rings is 3. The van der Waals surface area contributed by atoms with Crippen molar-refractivity contribution in [3.05, 3.63) is 88.6 Å². The Hall–Kier alpha value is -2.85. The molecule has 0 amide bonds. The molecular formula is C29H26IrNO2S-. The number of aliphatic hydroxyl groups excluding tert-OH is 1. The quantitative estimate of drug-likeness (QED) is 0.0917. The Morgan fingerprint density at radius 2 is 1.65 bits per heavy atom. The predicted molar refractivity (Wildman–Crippen MR) is 140 cm³/mol. The van der Waals surface area contributed by atoms with Crippen LogP contribution in [-0.4, -0.2) is 15.9 Å². The van der Waals surface area contributed by atoms with Crippen molar-refractivity contribution in [2.75, 3.05) is 0 Å². The summed E-state index contributed by atoms with van der Waals surface area (Å²) in [5, 5.41) is 14.8. The molecule has 0 saturated heterocycles. The van der Waals surface area contributed by atoms with Gasteiger partial charge >= 0.3 is 0 Å². The smallest absolute Gasteiger partial charge is 0.155 e. The maximum Gasteiger partial charge on any atom is 0.155 e. The summed E-state index contributed by atoms with van der Waals surface area (Å²) in [6, 6.07) is 20.9. The van der Waals surface area contributed by atoms with Crippen LogP contribution in [0.2, 0.25) is 0 Å². The van der Waals surface area contributed by atoms with E-state index in [1.54, 1.807) is 11.3 Å². The molecule has 0 spiro atoms. The van der Waals surface area contributed by atoms with Gasteiger partial charge in [0.15, 0.2) is 5.78 Å². The first kappa shape index (κ1) is 25.8. The van der Waals surface area contributed by atoms with Gasteiger partial charge in [-0.2, -0.15) is 0 Å². The number of hydrogen-bond donors (Lipinski definition) is 1. The Bertz CT molecular complexity index is 1540. The van der Waals surface area contributed by atoms with Crippen molar-refractivity contribution in [1.29, 1.82) is 0 Å². The molecule has 5 rings (SSSR count). The Morgan fingerprint density at radius 3 is 2.29 bits per heavy atom. The summed E-state index contributed by atoms with van der Waals surface area (Å²) >= 11 is 1.81. The molecular weight excluding hydrogens is 619 g/mol. The Balaban J connectivity index is 0.000000357. The molecule has 0 unspecified atom stereocenters. The SMILES string of the molecule is CC(=O)/C=C(/C)O.Cc1cc2ccnc(-c3[c-]cc4c(c3)c(C)c(C)c3ccccc34)c2s1.[Ir]. The molecule has 5 aromatic rings. The molecule has 5 heteroatoms. The minimum Gasteiger partial charge on any atom is -0.512 e. The molecule has 0 aliphatic heterocycles. The zero-order valence-electron chi connectivity index (χ0n) is 19.8. The van der Waals surface area contributed by atoms with Crippen molar-refractivity contribution >= 4 is 48.8 Å². The fraction of sp³-hybridized carbons (Fsp3) is 0.172. The van der Waals surface area contributed by atoms with Gasteiger partial charge in [-0.25, -0.2) is 0 Å². The van der Waals surface area contributed by atoms with E-state index in [4.69, 9.17) is 10.1 Å². The largest absolute Gasteiger partial charge is 0.512 e. The van der Waals surface area contributed by atoms with Gasteiger partial charge in [0.2, 0.25) is 0 Å². The minimum absolute atomic E-state index is 0. The first-order valence-electron chi connectivity index (χ1n) is 10.8. The number of thiophene rings is 1. The summed E-state index contributed by atoms with van der Waals surface area (Å²) in [7, 11) is 0. The second kappa shape index (κ2) is 10.6. The number of ketones is 1. The molecule has 0 aliphatic carbocycles. The van der Waals surface area contributed by atoms with Crippen LogP contribution in [0.4, 0.5) is 0 Å². The molecule has 1 radical (unpaired) electrons. The predicted octanol–water partition coefficient (Wildman–Crippen LogP) is 8.03. The van der Waals surface area contributed by atoms with Gasteiger partial charge < -0.3 is 10.1 Å². The molecule has 1 N–H and O–H groups in total. The second-order valence-corrected chi connectivity index (χ2v) is 9.56. The van der Waals surface area contributed by atoms with Crippen LogP contribution < -0.4 is 0 Å². The number of fused-ring (bicyclic) bond motifs is 4. The molecule has 0 aliphatic rings. The van der Waals surface area contributed by atoms with Crippen LogP contribution in [0.3, 0.4) is 0 Å². The van der Waals surface area contributed by atoms with Gasteiger partial charge in [-0.15, -0.1) is 35.1 Å². The average Bonchev–Trinajstić information content (AvgIpc) is 3.17. The number of pyridine rings is 1. The minimum atomic E-state index is -0.125. The molecule has 0 saturated carbocycles. The van der Waals surface area contributed by atoms with Crippen molar-refractivity contribution in [3.63, 3.8) is 0 Å². The first-order chi connectivity index (χ1) is 15.8. The van der Waals surface area contributed by atoms with Gasteiger partial charge in [0.1, 0.15) is 0 Å². The van der Waals surface area contributed by atoms with Crippen molar-refractivity contribution in [2.24, 2.45) is 0 Å². The molecule has 34 heavy (non-hydrogen) atoms. The van der Waals surface area contributed by atoms with Gasteiger partial charge in [-0.3, -0.25) is 4.79 Å². The van der Waals surface area contributed by atoms with Crippen LogP contribution in [0.1, 0.15) is 29.9 Å². The number of aliphatic hydroxyl groups is 1. The number of allylic oxidation sites excluding steroid dienone is 2. The van der Waals surface area contributed by atoms with Crippen molar-refractivity contribution in [2.45, 2.75) is 34.6 Å². The van der Waals surface area contributed by atoms with Gasteiger partial charge in [0.05, 0.1) is 5.76 Å². The normalized spacial score (nSPS) is 11.3. The van der Waals surface area contributed by atoms with Crippen LogP contribution in [0.25, 0.3) is 42.9 Å². The number of hydrogen-bond acceptors (Lipinski definition) is 4. The van der Waals surface area contributed by atoms with Crippen LogP contribution in [0.5, 0.6) is 0 Å². The fourth-order valence-electron chi connectivity index (χ4n) is 4.19. The number of rotatable bonds is 2. The van der Waals surface area contributed by atoms with Gasteiger partial charge in [-0.05, 0) is 63.1 Å². The van der Waals surface area contributed by atoms with E-state index in [2.05, 4.69) is 75.4 Å². The van der Waals surface area contributed by atoms with Crippen LogP contribution >= 0.6 is 11.3 Å². The third kappa shape index (κ3) is 5.12. The molecule has 0 bridgehead atoms. The standard InChI is InChI=1S/C24H18NS.C5H8O2.Ir/c1-14-12-18-10-11-25-23(24(18)26-14)17-8-9-21-20-7-5-4-6-19(20)15(2)16(3)22(21)13-17;1-4(6)3-5(2)7;/h4-7,9-13H,1-3H3;3,6H,1-2H3;/q-1;;/b;4-3-;. The zero-order valence-corrected chi connectivity index (χ0v) is 23.0. The van der Waals surface area contributed by atoms with Crippen molar-refractivity contribution in [1.82, 2.24) is 4.98 Å². The molecule has 3 aromatic carbocycles. The number of carbonyl (C=O) groups excluding carboxylic acids is 1. The van der Waals surface area contributed by atoms with E-state index in [0.29, 0.717) is 0 Å². The second-order valence-electron chi connectivity index (χ2n) is 8.30. The third-order valence-corrected chi connectivity index (χ3v) is 6.84. The number of aryl methyl sites for hydroxylation is 3. The van der Waals surface area contributed by atoms with Crippen molar-refractivity contribution in [3.8, 4) is 11.3 Å². The van der Waals surface area contributed by atoms with E-state index >= 15 is 0 Å². The van der Waals surface area contributed by atoms with E-state index in [9.17, 15) is 4.79 Å². The summed E-state index contributed by atoms with van der Waals surface area (Å²) in [5.41, 5.74) is 4.79. The Morgan fingerprint density at radius 1 is 0.971 bits per heavy atom. The number of aromatic nitrogens is 1. The van der Waals surface area contributed by atoms with Crippen LogP contribution in [-0.2, 0) is 24.9 Å². The van der Waals surface area contributed by atoms with E-state index in [0.717, 1.165) is 11.3 Å². The van der Waals surface area contributed by atoms with Gasteiger partial charge in [0, 0.05) is 47.6 Å². The molecule has 2 aromatic heterocycles. The topological polar surface area (TPSA) is 50.2 Å². The summed E-state index contributed by atoms with van der Waals surface area (Å²) in [4.78, 5) is 16.0. The number of carbonyl (C=O) groups is 1. The summed E-state index contributed by atoms with van der Waals surface area (Å²) < 4.78 is 1.25. The molecule has 0 atom stereocenters. The van der Waals surface area contributed by atoms with Gasteiger partial charge in [0.25, 0.3) is 0 Å². The monoisotopic (exact) mass is 645 g/mol. The molecule has 0 fully saturated rings. The first-order valence-corrected chi connectivity index (χ1v) is 11.6. The summed E-state index contributed by atoms with van der Waals surface area (Å²) in [6.45, 7) is 9.44. The maximum atomic E-state index is 10.0. The fourth-order valence-corrected chi connectivity index (χ4v) is 5.20. The van der Waals surface area contributed by atoms with E-state index in [-0.39, 0.29) is 31.6 Å². The van der Waals surface area contributed by atoms with Crippen LogP contribution in [0, 0.1) is 26.8 Å². The zero-order chi connectivity index (χ0) is 23.7. The summed E-state index contributed by atoms with van der Waals surface area (Å²) in [6.07, 6.45) is 3.07. The van der Waals surface area contributed by atoms with E-state index in [1.165, 1.54) is 67.6 Å². The third-order valence-electron chi connectivity index (χ3n) is 5.76. The van der Waals surface area contributed by atoms with Crippen LogP contribution in [0.15, 0.2) is 66.6 Å². The van der Waals surface area contributed by atoms with Gasteiger partial charge in [-0.1, -0.05) is 46.0 Å². The van der Waals surface area contributed by atoms with E-state index < -0.39 is 0 Å². The van der Waals surface area contributed by atoms with E-state index in [1.807, 2.05) is 6.20 Å². The maximum absolute atomic E-state index is 10.0. The Kier molecular flexibility index (Phi) is 8.04. The van der Waals surface area contributed by atoms with Crippen molar-refractivity contribution < 1.29 is 30.0 Å².